The van der Waals surface area contributed by atoms with Gasteiger partial charge < -0.3 is 15.3 Å². The van der Waals surface area contributed by atoms with E-state index in [1.165, 1.54) is 35.3 Å². The lowest BCUT2D eigenvalue weighted by Gasteiger charge is -2.34. The first-order valence-corrected chi connectivity index (χ1v) is 9.23. The van der Waals surface area contributed by atoms with Gasteiger partial charge in [0.25, 0.3) is 0 Å². The highest BCUT2D eigenvalue weighted by atomic mass is 32.2. The zero-order valence-corrected chi connectivity index (χ0v) is 13.3. The molecule has 1 aliphatic heterocycles. The van der Waals surface area contributed by atoms with Crippen LogP contribution < -0.4 is 0 Å². The van der Waals surface area contributed by atoms with Crippen LogP contribution in [-0.4, -0.2) is 55.3 Å². The van der Waals surface area contributed by atoms with E-state index in [0.29, 0.717) is 10.8 Å². The van der Waals surface area contributed by atoms with E-state index in [-0.39, 0.29) is 4.58 Å². The molecule has 0 radical (unpaired) electrons. The minimum atomic E-state index is -1.09. The molecule has 0 bridgehead atoms. The van der Waals surface area contributed by atoms with Gasteiger partial charge in [-0.2, -0.15) is 0 Å². The van der Waals surface area contributed by atoms with Gasteiger partial charge in [0.05, 0.1) is 15.7 Å². The largest absolute Gasteiger partial charge is 0.389 e. The van der Waals surface area contributed by atoms with Crippen molar-refractivity contribution < 1.29 is 15.3 Å². The highest BCUT2D eigenvalue weighted by Crippen LogP contribution is 2.38. The van der Waals surface area contributed by atoms with Crippen molar-refractivity contribution in [2.75, 3.05) is 12.0 Å². The predicted molar refractivity (Wildman–Crippen MR) is 86.9 cm³/mol. The molecule has 4 nitrogen and oxygen atoms in total. The van der Waals surface area contributed by atoms with Crippen LogP contribution in [-0.2, 0) is 0 Å². The van der Waals surface area contributed by atoms with Crippen LogP contribution >= 0.6 is 35.3 Å². The molecule has 0 spiro atoms. The highest BCUT2D eigenvalue weighted by molar-refractivity contribution is 8.17. The monoisotopic (exact) mass is 331 g/mol. The van der Waals surface area contributed by atoms with Crippen molar-refractivity contribution in [3.8, 4) is 0 Å². The number of hydrogen-bond acceptors (Lipinski definition) is 7. The Bertz CT molecular complexity index is 468. The van der Waals surface area contributed by atoms with Gasteiger partial charge in [-0.05, 0) is 18.4 Å². The molecule has 0 aliphatic carbocycles. The number of hydrogen-bond donors (Lipinski definition) is 4. The molecule has 4 atom stereocenters. The summed E-state index contributed by atoms with van der Waals surface area (Å²) < 4.78 is -0.195. The number of nitrogens with one attached hydrogen (secondary N) is 1. The number of aliphatic hydroxyl groups excluding tert-OH is 3. The number of rotatable bonds is 3. The van der Waals surface area contributed by atoms with Gasteiger partial charge >= 0.3 is 0 Å². The van der Waals surface area contributed by atoms with Crippen LogP contribution in [0.4, 0.5) is 0 Å². The van der Waals surface area contributed by atoms with Crippen molar-refractivity contribution in [3.63, 3.8) is 0 Å². The van der Waals surface area contributed by atoms with Crippen molar-refractivity contribution in [3.05, 3.63) is 29.8 Å². The molecule has 0 aromatic heterocycles. The van der Waals surface area contributed by atoms with Gasteiger partial charge in [0.1, 0.15) is 12.2 Å². The minimum absolute atomic E-state index is 0.195. The predicted octanol–water partition coefficient (Wildman–Crippen LogP) is 1.62. The van der Waals surface area contributed by atoms with Crippen molar-refractivity contribution in [2.45, 2.75) is 27.8 Å². The van der Waals surface area contributed by atoms with Crippen LogP contribution in [0.2, 0.25) is 0 Å². The van der Waals surface area contributed by atoms with E-state index in [4.69, 9.17) is 5.41 Å². The maximum Gasteiger partial charge on any atom is 0.108 e. The second kappa shape index (κ2) is 7.20. The molecule has 2 rings (SSSR count). The zero-order chi connectivity index (χ0) is 14.7. The molecule has 0 unspecified atom stereocenters. The topological polar surface area (TPSA) is 84.5 Å². The number of benzene rings is 1. The lowest BCUT2D eigenvalue weighted by atomic mass is 10.1. The molecular weight excluding hydrogens is 314 g/mol. The summed E-state index contributed by atoms with van der Waals surface area (Å²) in [5.74, 6) is 0.422. The molecule has 1 heterocycles. The third kappa shape index (κ3) is 3.72. The lowest BCUT2D eigenvalue weighted by Crippen LogP contribution is -2.47. The molecule has 1 aromatic rings. The molecule has 1 aliphatic rings. The van der Waals surface area contributed by atoms with Gasteiger partial charge in [-0.3, -0.25) is 5.41 Å². The summed E-state index contributed by atoms with van der Waals surface area (Å²) in [5, 5.41) is 37.4. The van der Waals surface area contributed by atoms with Crippen LogP contribution in [0.5, 0.6) is 0 Å². The third-order valence-corrected chi connectivity index (χ3v) is 6.56. The van der Waals surface area contributed by atoms with Gasteiger partial charge in [0, 0.05) is 16.2 Å². The van der Waals surface area contributed by atoms with E-state index in [1.54, 1.807) is 0 Å². The van der Waals surface area contributed by atoms with Gasteiger partial charge in [-0.1, -0.05) is 12.1 Å². The van der Waals surface area contributed by atoms with E-state index < -0.39 is 18.3 Å². The first kappa shape index (κ1) is 16.2. The fourth-order valence-electron chi connectivity index (χ4n) is 1.82. The van der Waals surface area contributed by atoms with E-state index in [1.807, 2.05) is 30.5 Å². The van der Waals surface area contributed by atoms with Crippen LogP contribution in [0.3, 0.4) is 0 Å². The molecule has 110 valence electrons. The van der Waals surface area contributed by atoms with E-state index >= 15 is 0 Å². The second-order valence-corrected chi connectivity index (χ2v) is 7.93. The molecule has 4 N–H and O–H groups in total. The van der Waals surface area contributed by atoms with E-state index in [0.717, 1.165) is 10.5 Å². The SMILES string of the molecule is CSC(=N)c1ccc(S[C@@H]2SC[C@@H](O)[C@@H](O)[C@@H]2O)cc1. The molecular formula is C13H17NO3S3. The van der Waals surface area contributed by atoms with E-state index in [9.17, 15) is 15.3 Å². The van der Waals surface area contributed by atoms with Crippen molar-refractivity contribution in [1.29, 1.82) is 5.41 Å². The van der Waals surface area contributed by atoms with E-state index in [2.05, 4.69) is 0 Å². The van der Waals surface area contributed by atoms with Crippen molar-refractivity contribution in [2.24, 2.45) is 0 Å². The van der Waals surface area contributed by atoms with Gasteiger partial charge in [0.2, 0.25) is 0 Å². The maximum atomic E-state index is 9.96. The van der Waals surface area contributed by atoms with Crippen LogP contribution in [0.25, 0.3) is 0 Å². The fourth-order valence-corrected chi connectivity index (χ4v) is 4.84. The summed E-state index contributed by atoms with van der Waals surface area (Å²) >= 11 is 4.31. The maximum absolute atomic E-state index is 9.96. The molecule has 1 fully saturated rings. The first-order chi connectivity index (χ1) is 9.52. The smallest absolute Gasteiger partial charge is 0.108 e. The van der Waals surface area contributed by atoms with Crippen molar-refractivity contribution >= 4 is 40.3 Å². The van der Waals surface area contributed by atoms with Gasteiger partial charge in [0.15, 0.2) is 0 Å². The van der Waals surface area contributed by atoms with Crippen LogP contribution in [0, 0.1) is 5.41 Å². The standard InChI is InChI=1S/C13H17NO3S3/c1-18-12(14)7-2-4-8(5-3-7)20-13-11(17)10(16)9(15)6-19-13/h2-5,9-11,13-17H,6H2,1H3/t9-,10-,11+,13+/m1/s1. The zero-order valence-electron chi connectivity index (χ0n) is 10.9. The molecule has 7 heteroatoms. The summed E-state index contributed by atoms with van der Waals surface area (Å²) in [6.45, 7) is 0. The van der Waals surface area contributed by atoms with Crippen molar-refractivity contribution in [1.82, 2.24) is 0 Å². The average molecular weight is 331 g/mol. The van der Waals surface area contributed by atoms with Gasteiger partial charge in [-0.15, -0.1) is 35.3 Å². The quantitative estimate of drug-likeness (QED) is 0.498. The highest BCUT2D eigenvalue weighted by Gasteiger charge is 2.37. The second-order valence-electron chi connectivity index (χ2n) is 4.43. The Balaban J connectivity index is 2.01. The number of aliphatic hydroxyl groups is 3. The normalized spacial score (nSPS) is 30.2. The van der Waals surface area contributed by atoms with Gasteiger partial charge in [-0.25, -0.2) is 0 Å². The molecule has 0 amide bonds. The Labute approximate surface area is 130 Å². The summed E-state index contributed by atoms with van der Waals surface area (Å²) in [6, 6.07) is 7.59. The molecule has 1 saturated heterocycles. The third-order valence-electron chi connectivity index (χ3n) is 3.03. The fraction of sp³-hybridized carbons (Fsp3) is 0.462. The Morgan fingerprint density at radius 3 is 2.45 bits per heavy atom. The van der Waals surface area contributed by atoms with Crippen LogP contribution in [0.15, 0.2) is 29.2 Å². The number of thioether (sulfide) groups is 3. The Kier molecular flexibility index (Phi) is 5.83. The Morgan fingerprint density at radius 1 is 1.20 bits per heavy atom. The Morgan fingerprint density at radius 2 is 1.85 bits per heavy atom. The lowest BCUT2D eigenvalue weighted by molar-refractivity contribution is -0.0474. The summed E-state index contributed by atoms with van der Waals surface area (Å²) in [5.41, 5.74) is 0.870. The molecule has 0 saturated carbocycles. The van der Waals surface area contributed by atoms with Crippen LogP contribution in [0.1, 0.15) is 5.56 Å². The molecule has 20 heavy (non-hydrogen) atoms. The average Bonchev–Trinajstić information content (AvgIpc) is 2.48. The minimum Gasteiger partial charge on any atom is -0.389 e. The molecule has 1 aromatic carbocycles. The first-order valence-electron chi connectivity index (χ1n) is 6.08. The summed E-state index contributed by atoms with van der Waals surface area (Å²) in [7, 11) is 0. The summed E-state index contributed by atoms with van der Waals surface area (Å²) in [6.07, 6.45) is -1.03. The summed E-state index contributed by atoms with van der Waals surface area (Å²) in [4.78, 5) is 0.975. The Hall–Kier alpha value is -0.180.